The van der Waals surface area contributed by atoms with Gasteiger partial charge < -0.3 is 10.1 Å². The van der Waals surface area contributed by atoms with Gasteiger partial charge in [-0.3, -0.25) is 9.73 Å². The van der Waals surface area contributed by atoms with Crippen molar-refractivity contribution in [2.24, 2.45) is 10.3 Å². The number of methoxy groups -OCH3 is 1. The zero-order chi connectivity index (χ0) is 23.6. The number of hydrogen-bond donors (Lipinski definition) is 2. The SMILES string of the molecule is COc1cc(NS(C)(=O)=O)ccc1Nc1c2ccccc2nc2cc(N=NN(C)C)ccc12. The fraction of sp³-hybridized carbons (Fsp3) is 0.174. The number of para-hydroxylation sites is 1. The monoisotopic (exact) mass is 464 g/mol. The van der Waals surface area contributed by atoms with E-state index in [1.807, 2.05) is 56.6 Å². The van der Waals surface area contributed by atoms with Crippen LogP contribution >= 0.6 is 0 Å². The number of anilines is 3. The molecular formula is C23H24N6O3S. The lowest BCUT2D eigenvalue weighted by Crippen LogP contribution is -2.09. The highest BCUT2D eigenvalue weighted by Gasteiger charge is 2.13. The van der Waals surface area contributed by atoms with Crippen LogP contribution in [-0.2, 0) is 10.0 Å². The second-order valence-electron chi connectivity index (χ2n) is 7.66. The molecule has 3 aromatic carbocycles. The first-order chi connectivity index (χ1) is 15.7. The van der Waals surface area contributed by atoms with Crippen molar-refractivity contribution in [1.82, 2.24) is 9.99 Å². The average Bonchev–Trinajstić information content (AvgIpc) is 2.77. The normalized spacial score (nSPS) is 11.8. The third-order valence-corrected chi connectivity index (χ3v) is 5.37. The van der Waals surface area contributed by atoms with Crippen molar-refractivity contribution in [2.75, 3.05) is 37.5 Å². The number of rotatable bonds is 7. The van der Waals surface area contributed by atoms with Crippen LogP contribution in [0.4, 0.5) is 22.7 Å². The molecule has 0 aliphatic heterocycles. The van der Waals surface area contributed by atoms with Gasteiger partial charge in [0.25, 0.3) is 0 Å². The third-order valence-electron chi connectivity index (χ3n) is 4.77. The van der Waals surface area contributed by atoms with Gasteiger partial charge in [0.05, 0.1) is 47.1 Å². The quantitative estimate of drug-likeness (QED) is 0.225. The summed E-state index contributed by atoms with van der Waals surface area (Å²) in [5, 5.41) is 15.2. The van der Waals surface area contributed by atoms with E-state index in [1.165, 1.54) is 7.11 Å². The molecule has 10 heteroatoms. The largest absolute Gasteiger partial charge is 0.494 e. The van der Waals surface area contributed by atoms with Crippen molar-refractivity contribution in [1.29, 1.82) is 0 Å². The van der Waals surface area contributed by atoms with Crippen LogP contribution in [0.3, 0.4) is 0 Å². The van der Waals surface area contributed by atoms with Crippen LogP contribution < -0.4 is 14.8 Å². The number of fused-ring (bicyclic) bond motifs is 2. The Morgan fingerprint density at radius 2 is 1.73 bits per heavy atom. The molecular weight excluding hydrogens is 440 g/mol. The van der Waals surface area contributed by atoms with Crippen molar-refractivity contribution in [3.63, 3.8) is 0 Å². The molecule has 1 aromatic heterocycles. The van der Waals surface area contributed by atoms with Gasteiger partial charge in [0, 0.05) is 30.9 Å². The van der Waals surface area contributed by atoms with Gasteiger partial charge in [-0.1, -0.05) is 23.4 Å². The molecule has 1 heterocycles. The van der Waals surface area contributed by atoms with E-state index in [9.17, 15) is 8.42 Å². The van der Waals surface area contributed by atoms with Crippen molar-refractivity contribution in [3.8, 4) is 5.75 Å². The number of hydrogen-bond acceptors (Lipinski definition) is 7. The molecule has 0 unspecified atom stereocenters. The van der Waals surface area contributed by atoms with E-state index in [1.54, 1.807) is 23.2 Å². The highest BCUT2D eigenvalue weighted by Crippen LogP contribution is 2.38. The van der Waals surface area contributed by atoms with Crippen LogP contribution in [0.25, 0.3) is 21.8 Å². The molecule has 0 fully saturated rings. The predicted molar refractivity (Wildman–Crippen MR) is 132 cm³/mol. The average molecular weight is 465 g/mol. The van der Waals surface area contributed by atoms with Gasteiger partial charge in [-0.05, 0) is 36.4 Å². The molecule has 33 heavy (non-hydrogen) atoms. The van der Waals surface area contributed by atoms with E-state index >= 15 is 0 Å². The number of aromatic nitrogens is 1. The highest BCUT2D eigenvalue weighted by atomic mass is 32.2. The molecule has 4 aromatic rings. The number of nitrogens with zero attached hydrogens (tertiary/aromatic N) is 4. The maximum Gasteiger partial charge on any atom is 0.229 e. The zero-order valence-corrected chi connectivity index (χ0v) is 19.5. The van der Waals surface area contributed by atoms with Crippen molar-refractivity contribution in [2.45, 2.75) is 0 Å². The number of sulfonamides is 1. The maximum atomic E-state index is 11.6. The number of benzene rings is 3. The molecule has 4 rings (SSSR count). The van der Waals surface area contributed by atoms with E-state index in [4.69, 9.17) is 9.72 Å². The van der Waals surface area contributed by atoms with E-state index in [2.05, 4.69) is 20.4 Å². The fourth-order valence-electron chi connectivity index (χ4n) is 3.43. The summed E-state index contributed by atoms with van der Waals surface area (Å²) in [5.41, 5.74) is 4.24. The Bertz CT molecular complexity index is 1470. The zero-order valence-electron chi connectivity index (χ0n) is 18.7. The maximum absolute atomic E-state index is 11.6. The molecule has 9 nitrogen and oxygen atoms in total. The Kier molecular flexibility index (Phi) is 6.01. The minimum Gasteiger partial charge on any atom is -0.494 e. The summed E-state index contributed by atoms with van der Waals surface area (Å²) in [6.07, 6.45) is 1.10. The van der Waals surface area contributed by atoms with Crippen LogP contribution in [0, 0.1) is 0 Å². The van der Waals surface area contributed by atoms with E-state index in [0.717, 1.165) is 33.7 Å². The minimum absolute atomic E-state index is 0.417. The summed E-state index contributed by atoms with van der Waals surface area (Å²) in [4.78, 5) is 4.80. The Hall–Kier alpha value is -3.92. The first kappa shape index (κ1) is 22.3. The Labute approximate surface area is 192 Å². The summed E-state index contributed by atoms with van der Waals surface area (Å²) in [7, 11) is 1.75. The molecule has 0 saturated heterocycles. The van der Waals surface area contributed by atoms with Gasteiger partial charge in [0.1, 0.15) is 5.75 Å². The predicted octanol–water partition coefficient (Wildman–Crippen LogP) is 5.07. The van der Waals surface area contributed by atoms with Gasteiger partial charge >= 0.3 is 0 Å². The third kappa shape index (κ3) is 5.12. The lowest BCUT2D eigenvalue weighted by molar-refractivity contribution is 0.408. The van der Waals surface area contributed by atoms with Crippen LogP contribution in [-0.4, -0.2) is 45.9 Å². The second kappa shape index (κ2) is 8.91. The molecule has 0 aliphatic rings. The molecule has 0 spiro atoms. The van der Waals surface area contributed by atoms with Crippen molar-refractivity contribution >= 4 is 54.6 Å². The van der Waals surface area contributed by atoms with Gasteiger partial charge in [0.2, 0.25) is 10.0 Å². The number of nitrogens with one attached hydrogen (secondary N) is 2. The molecule has 0 amide bonds. The van der Waals surface area contributed by atoms with Crippen molar-refractivity contribution < 1.29 is 13.2 Å². The Morgan fingerprint density at radius 3 is 2.45 bits per heavy atom. The summed E-state index contributed by atoms with van der Waals surface area (Å²) in [6.45, 7) is 0. The lowest BCUT2D eigenvalue weighted by Gasteiger charge is -2.17. The molecule has 2 N–H and O–H groups in total. The lowest BCUT2D eigenvalue weighted by atomic mass is 10.1. The van der Waals surface area contributed by atoms with Gasteiger partial charge in [-0.2, -0.15) is 0 Å². The summed E-state index contributed by atoms with van der Waals surface area (Å²) in [6, 6.07) is 18.6. The number of ether oxygens (including phenoxy) is 1. The smallest absolute Gasteiger partial charge is 0.229 e. The fourth-order valence-corrected chi connectivity index (χ4v) is 3.98. The first-order valence-corrected chi connectivity index (χ1v) is 12.0. The topological polar surface area (TPSA) is 108 Å². The van der Waals surface area contributed by atoms with Crippen LogP contribution in [0.5, 0.6) is 5.75 Å². The molecule has 0 bridgehead atoms. The van der Waals surface area contributed by atoms with E-state index in [-0.39, 0.29) is 0 Å². The molecule has 0 saturated carbocycles. The summed E-state index contributed by atoms with van der Waals surface area (Å²) < 4.78 is 31.2. The highest BCUT2D eigenvalue weighted by molar-refractivity contribution is 7.92. The minimum atomic E-state index is -3.40. The standard InChI is InChI=1S/C23H24N6O3S/c1-29(2)28-26-15-9-11-18-21(13-15)24-19-8-6-5-7-17(19)23(18)25-20-12-10-16(14-22(20)32-3)27-33(4,30)31/h5-14,27H,1-4H3,(H,24,25). The first-order valence-electron chi connectivity index (χ1n) is 10.1. The van der Waals surface area contributed by atoms with Crippen LogP contribution in [0.2, 0.25) is 0 Å². The Balaban J connectivity index is 1.84. The van der Waals surface area contributed by atoms with Crippen molar-refractivity contribution in [3.05, 3.63) is 60.7 Å². The van der Waals surface area contributed by atoms with E-state index < -0.39 is 10.0 Å². The molecule has 0 atom stereocenters. The molecule has 0 aliphatic carbocycles. The van der Waals surface area contributed by atoms with E-state index in [0.29, 0.717) is 22.8 Å². The van der Waals surface area contributed by atoms with Crippen LogP contribution in [0.15, 0.2) is 71.0 Å². The summed E-state index contributed by atoms with van der Waals surface area (Å²) in [5.74, 6) is 0.495. The van der Waals surface area contributed by atoms with Gasteiger partial charge in [-0.25, -0.2) is 13.4 Å². The molecule has 0 radical (unpaired) electrons. The number of pyridine rings is 1. The second-order valence-corrected chi connectivity index (χ2v) is 9.40. The Morgan fingerprint density at radius 1 is 0.970 bits per heavy atom. The van der Waals surface area contributed by atoms with Crippen LogP contribution in [0.1, 0.15) is 0 Å². The van der Waals surface area contributed by atoms with Gasteiger partial charge in [0.15, 0.2) is 0 Å². The molecule has 170 valence electrons. The van der Waals surface area contributed by atoms with Gasteiger partial charge in [-0.15, -0.1) is 5.11 Å². The summed E-state index contributed by atoms with van der Waals surface area (Å²) >= 11 is 0.